The Morgan fingerprint density at radius 2 is 1.86 bits per heavy atom. The molecule has 3 aromatic rings. The zero-order valence-electron chi connectivity index (χ0n) is 16.3. The summed E-state index contributed by atoms with van der Waals surface area (Å²) in [5.74, 6) is -0.176. The lowest BCUT2D eigenvalue weighted by molar-refractivity contribution is -0.142. The van der Waals surface area contributed by atoms with Crippen molar-refractivity contribution in [1.29, 1.82) is 0 Å². The van der Waals surface area contributed by atoms with Crippen LogP contribution in [0.4, 0.5) is 0 Å². The van der Waals surface area contributed by atoms with Gasteiger partial charge in [0.1, 0.15) is 18.4 Å². The summed E-state index contributed by atoms with van der Waals surface area (Å²) in [7, 11) is 1.29. The van der Waals surface area contributed by atoms with E-state index in [-0.39, 0.29) is 5.91 Å². The lowest BCUT2D eigenvalue weighted by Gasteiger charge is -2.15. The zero-order valence-corrected chi connectivity index (χ0v) is 16.3. The quantitative estimate of drug-likeness (QED) is 0.624. The number of amides is 1. The molecule has 1 N–H and O–H groups in total. The number of carbonyl (C=O) groups excluding carboxylic acids is 2. The highest BCUT2D eigenvalue weighted by Crippen LogP contribution is 2.26. The molecule has 2 aromatic carbocycles. The molecule has 0 fully saturated rings. The summed E-state index contributed by atoms with van der Waals surface area (Å²) in [4.78, 5) is 28.5. The maximum Gasteiger partial charge on any atom is 0.328 e. The van der Waals surface area contributed by atoms with Crippen molar-refractivity contribution in [2.75, 3.05) is 7.11 Å². The van der Waals surface area contributed by atoms with Gasteiger partial charge in [-0.1, -0.05) is 36.4 Å². The van der Waals surface area contributed by atoms with Crippen molar-refractivity contribution in [3.63, 3.8) is 0 Å². The predicted octanol–water partition coefficient (Wildman–Crippen LogP) is 3.62. The van der Waals surface area contributed by atoms with Crippen molar-refractivity contribution < 1.29 is 19.1 Å². The van der Waals surface area contributed by atoms with E-state index < -0.39 is 12.0 Å². The molecule has 0 saturated carbocycles. The largest absolute Gasteiger partial charge is 0.487 e. The van der Waals surface area contributed by atoms with Gasteiger partial charge < -0.3 is 14.8 Å². The fourth-order valence-electron chi connectivity index (χ4n) is 2.84. The van der Waals surface area contributed by atoms with E-state index in [2.05, 4.69) is 15.0 Å². The number of ether oxygens (including phenoxy) is 2. The second kappa shape index (κ2) is 9.50. The zero-order chi connectivity index (χ0) is 20.6. The maximum absolute atomic E-state index is 12.8. The average Bonchev–Trinajstić information content (AvgIpc) is 2.78. The first kappa shape index (κ1) is 20.1. The highest BCUT2D eigenvalue weighted by Gasteiger charge is 2.20. The van der Waals surface area contributed by atoms with Gasteiger partial charge in [0.2, 0.25) is 0 Å². The second-order valence-corrected chi connectivity index (χ2v) is 6.44. The molecule has 1 aromatic heterocycles. The number of pyridine rings is 1. The molecule has 6 nitrogen and oxygen atoms in total. The van der Waals surface area contributed by atoms with E-state index in [1.807, 2.05) is 48.5 Å². The van der Waals surface area contributed by atoms with E-state index in [9.17, 15) is 9.59 Å². The van der Waals surface area contributed by atoms with Crippen LogP contribution in [0.15, 0.2) is 73.1 Å². The van der Waals surface area contributed by atoms with Crippen molar-refractivity contribution in [2.45, 2.75) is 19.6 Å². The van der Waals surface area contributed by atoms with Crippen molar-refractivity contribution >= 4 is 11.9 Å². The van der Waals surface area contributed by atoms with Gasteiger partial charge in [0.15, 0.2) is 0 Å². The van der Waals surface area contributed by atoms with E-state index in [0.717, 1.165) is 16.7 Å². The Bertz CT molecular complexity index is 975. The number of methoxy groups -OCH3 is 1. The predicted molar refractivity (Wildman–Crippen MR) is 109 cm³/mol. The third kappa shape index (κ3) is 5.19. The first-order chi connectivity index (χ1) is 14.1. The van der Waals surface area contributed by atoms with Crippen LogP contribution >= 0.6 is 0 Å². The van der Waals surface area contributed by atoms with Gasteiger partial charge in [0, 0.05) is 11.8 Å². The number of hydrogen-bond donors (Lipinski definition) is 1. The van der Waals surface area contributed by atoms with Crippen LogP contribution in [-0.2, 0) is 16.1 Å². The van der Waals surface area contributed by atoms with E-state index in [1.54, 1.807) is 31.5 Å². The molecule has 1 amide bonds. The summed E-state index contributed by atoms with van der Waals surface area (Å²) in [6.07, 6.45) is 3.33. The molecule has 0 unspecified atom stereocenters. The summed E-state index contributed by atoms with van der Waals surface area (Å²) in [6.45, 7) is 1.92. The van der Waals surface area contributed by atoms with E-state index in [1.165, 1.54) is 7.11 Å². The molecule has 6 heteroatoms. The number of nitrogens with zero attached hydrogens (tertiary/aromatic N) is 1. The Morgan fingerprint density at radius 3 is 2.55 bits per heavy atom. The second-order valence-electron chi connectivity index (χ2n) is 6.44. The standard InChI is InChI=1S/C23H22N2O4/c1-16(23(27)28-2)25-22(26)20-11-10-17(15-29-19-9-6-12-24-14-19)13-21(20)18-7-4-3-5-8-18/h3-14,16H,15H2,1-2H3,(H,25,26)/t16-/m0/s1. The molecule has 29 heavy (non-hydrogen) atoms. The summed E-state index contributed by atoms with van der Waals surface area (Å²) in [5, 5.41) is 2.68. The van der Waals surface area contributed by atoms with Crippen LogP contribution in [0, 0.1) is 0 Å². The summed E-state index contributed by atoms with van der Waals surface area (Å²) in [6, 6.07) is 18.0. The molecular formula is C23H22N2O4. The van der Waals surface area contributed by atoms with Gasteiger partial charge in [0.25, 0.3) is 5.91 Å². The monoisotopic (exact) mass is 390 g/mol. The van der Waals surface area contributed by atoms with Crippen LogP contribution in [0.5, 0.6) is 5.75 Å². The van der Waals surface area contributed by atoms with Gasteiger partial charge in [-0.05, 0) is 47.9 Å². The number of esters is 1. The average molecular weight is 390 g/mol. The first-order valence-electron chi connectivity index (χ1n) is 9.18. The van der Waals surface area contributed by atoms with Crippen LogP contribution < -0.4 is 10.1 Å². The summed E-state index contributed by atoms with van der Waals surface area (Å²) < 4.78 is 10.5. The van der Waals surface area contributed by atoms with Crippen molar-refractivity contribution in [1.82, 2.24) is 10.3 Å². The smallest absolute Gasteiger partial charge is 0.328 e. The molecule has 0 aliphatic heterocycles. The molecule has 0 spiro atoms. The number of benzene rings is 2. The molecular weight excluding hydrogens is 368 g/mol. The fourth-order valence-corrected chi connectivity index (χ4v) is 2.84. The highest BCUT2D eigenvalue weighted by atomic mass is 16.5. The van der Waals surface area contributed by atoms with Gasteiger partial charge in [-0.25, -0.2) is 4.79 Å². The first-order valence-corrected chi connectivity index (χ1v) is 9.18. The normalized spacial score (nSPS) is 11.4. The van der Waals surface area contributed by atoms with Crippen LogP contribution in [0.25, 0.3) is 11.1 Å². The molecule has 0 aliphatic carbocycles. The number of carbonyl (C=O) groups is 2. The van der Waals surface area contributed by atoms with E-state index in [4.69, 9.17) is 4.74 Å². The molecule has 0 aliphatic rings. The van der Waals surface area contributed by atoms with Gasteiger partial charge in [-0.2, -0.15) is 0 Å². The lowest BCUT2D eigenvalue weighted by Crippen LogP contribution is -2.39. The summed E-state index contributed by atoms with van der Waals surface area (Å²) in [5.41, 5.74) is 3.03. The van der Waals surface area contributed by atoms with Crippen LogP contribution in [0.3, 0.4) is 0 Å². The molecule has 0 saturated heterocycles. The van der Waals surface area contributed by atoms with Crippen molar-refractivity contribution in [3.8, 4) is 16.9 Å². The van der Waals surface area contributed by atoms with Gasteiger partial charge in [0.05, 0.1) is 13.3 Å². The maximum atomic E-state index is 12.8. The Balaban J connectivity index is 1.87. The Kier molecular flexibility index (Phi) is 6.58. The van der Waals surface area contributed by atoms with E-state index >= 15 is 0 Å². The van der Waals surface area contributed by atoms with Crippen LogP contribution in [-0.4, -0.2) is 30.0 Å². The fraction of sp³-hybridized carbons (Fsp3) is 0.174. The van der Waals surface area contributed by atoms with Gasteiger partial charge >= 0.3 is 5.97 Å². The minimum Gasteiger partial charge on any atom is -0.487 e. The third-order valence-electron chi connectivity index (χ3n) is 4.36. The molecule has 148 valence electrons. The van der Waals surface area contributed by atoms with Crippen LogP contribution in [0.2, 0.25) is 0 Å². The molecule has 3 rings (SSSR count). The SMILES string of the molecule is COC(=O)[C@H](C)NC(=O)c1ccc(COc2cccnc2)cc1-c1ccccc1. The molecule has 0 radical (unpaired) electrons. The summed E-state index contributed by atoms with van der Waals surface area (Å²) >= 11 is 0. The topological polar surface area (TPSA) is 77.5 Å². The molecule has 1 atom stereocenters. The molecule has 0 bridgehead atoms. The lowest BCUT2D eigenvalue weighted by atomic mass is 9.96. The minimum atomic E-state index is -0.746. The highest BCUT2D eigenvalue weighted by molar-refractivity contribution is 6.02. The van der Waals surface area contributed by atoms with Crippen LogP contribution in [0.1, 0.15) is 22.8 Å². The van der Waals surface area contributed by atoms with Crippen molar-refractivity contribution in [2.24, 2.45) is 0 Å². The number of rotatable bonds is 7. The Hall–Kier alpha value is -3.67. The number of hydrogen-bond acceptors (Lipinski definition) is 5. The Labute approximate surface area is 169 Å². The van der Waals surface area contributed by atoms with Gasteiger partial charge in [-0.15, -0.1) is 0 Å². The van der Waals surface area contributed by atoms with Gasteiger partial charge in [-0.3, -0.25) is 9.78 Å². The Morgan fingerprint density at radius 1 is 1.07 bits per heavy atom. The van der Waals surface area contributed by atoms with E-state index in [0.29, 0.717) is 17.9 Å². The minimum absolute atomic E-state index is 0.339. The van der Waals surface area contributed by atoms with Crippen molar-refractivity contribution in [3.05, 3.63) is 84.2 Å². The third-order valence-corrected chi connectivity index (χ3v) is 4.36. The number of aromatic nitrogens is 1. The molecule has 1 heterocycles. The number of nitrogens with one attached hydrogen (secondary N) is 1.